The first-order valence-corrected chi connectivity index (χ1v) is 7.23. The molecule has 4 aromatic rings. The molecule has 0 aliphatic rings. The van der Waals surface area contributed by atoms with Crippen molar-refractivity contribution >= 4 is 37.7 Å². The van der Waals surface area contributed by atoms with E-state index in [1.54, 1.807) is 0 Å². The summed E-state index contributed by atoms with van der Waals surface area (Å²) < 4.78 is 3.19. The molecule has 0 aliphatic heterocycles. The van der Waals surface area contributed by atoms with Gasteiger partial charge in [0.15, 0.2) is 0 Å². The predicted octanol–water partition coefficient (Wildman–Crippen LogP) is 4.94. The number of hydrogen-bond donors (Lipinski definition) is 0. The molecule has 0 fully saturated rings. The molecule has 3 aromatic carbocycles. The van der Waals surface area contributed by atoms with Crippen LogP contribution in [-0.2, 0) is 0 Å². The summed E-state index contributed by atoms with van der Waals surface area (Å²) in [5.41, 5.74) is 3.27. The van der Waals surface area contributed by atoms with E-state index >= 15 is 0 Å². The second kappa shape index (κ2) is 4.46. The smallest absolute Gasteiger partial charge is 0.100 e. The van der Waals surface area contributed by atoms with Crippen LogP contribution < -0.4 is 0 Å². The van der Waals surface area contributed by atoms with Crippen molar-refractivity contribution in [2.24, 2.45) is 0 Å². The molecule has 0 saturated carbocycles. The number of imidazole rings is 1. The third-order valence-electron chi connectivity index (χ3n) is 3.54. The predicted molar refractivity (Wildman–Crippen MR) is 86.3 cm³/mol. The topological polar surface area (TPSA) is 17.8 Å². The van der Waals surface area contributed by atoms with Crippen LogP contribution in [0.2, 0.25) is 0 Å². The van der Waals surface area contributed by atoms with E-state index in [1.165, 1.54) is 10.8 Å². The number of aromatic nitrogens is 2. The number of nitrogens with zero attached hydrogens (tertiary/aromatic N) is 2. The minimum Gasteiger partial charge on any atom is -0.298 e. The van der Waals surface area contributed by atoms with E-state index in [0.717, 1.165) is 21.2 Å². The first-order valence-electron chi connectivity index (χ1n) is 6.44. The lowest BCUT2D eigenvalue weighted by molar-refractivity contribution is 1.10. The van der Waals surface area contributed by atoms with Crippen LogP contribution in [0.1, 0.15) is 0 Å². The van der Waals surface area contributed by atoms with Crippen molar-refractivity contribution in [1.82, 2.24) is 9.55 Å². The monoisotopic (exact) mass is 322 g/mol. The molecule has 0 N–H and O–H groups in total. The fraction of sp³-hybridized carbons (Fsp3) is 0. The maximum Gasteiger partial charge on any atom is 0.100 e. The van der Waals surface area contributed by atoms with Gasteiger partial charge in [-0.1, -0.05) is 52.3 Å². The van der Waals surface area contributed by atoms with Crippen LogP contribution in [0.25, 0.3) is 27.5 Å². The van der Waals surface area contributed by atoms with Gasteiger partial charge in [0.1, 0.15) is 6.33 Å². The molecule has 0 atom stereocenters. The van der Waals surface area contributed by atoms with E-state index in [-0.39, 0.29) is 0 Å². The van der Waals surface area contributed by atoms with Crippen LogP contribution >= 0.6 is 15.9 Å². The highest BCUT2D eigenvalue weighted by molar-refractivity contribution is 9.10. The summed E-state index contributed by atoms with van der Waals surface area (Å²) in [4.78, 5) is 4.50. The van der Waals surface area contributed by atoms with Crippen molar-refractivity contribution in [2.45, 2.75) is 0 Å². The van der Waals surface area contributed by atoms with Crippen LogP contribution in [0, 0.1) is 0 Å². The van der Waals surface area contributed by atoms with Crippen molar-refractivity contribution < 1.29 is 0 Å². The molecule has 0 saturated heterocycles. The van der Waals surface area contributed by atoms with Gasteiger partial charge in [-0.2, -0.15) is 0 Å². The summed E-state index contributed by atoms with van der Waals surface area (Å²) in [6.45, 7) is 0. The fourth-order valence-electron chi connectivity index (χ4n) is 2.60. The van der Waals surface area contributed by atoms with Gasteiger partial charge in [0.05, 0.1) is 16.7 Å². The Morgan fingerprint density at radius 1 is 0.900 bits per heavy atom. The summed E-state index contributed by atoms with van der Waals surface area (Å²) in [6, 6.07) is 20.9. The molecule has 0 bridgehead atoms. The van der Waals surface area contributed by atoms with Crippen LogP contribution in [0.5, 0.6) is 0 Å². The first kappa shape index (κ1) is 11.7. The highest BCUT2D eigenvalue weighted by Crippen LogP contribution is 2.26. The zero-order chi connectivity index (χ0) is 13.5. The number of halogens is 1. The van der Waals surface area contributed by atoms with E-state index in [2.05, 4.69) is 74.0 Å². The number of rotatable bonds is 1. The zero-order valence-electron chi connectivity index (χ0n) is 10.6. The van der Waals surface area contributed by atoms with Gasteiger partial charge in [-0.15, -0.1) is 0 Å². The van der Waals surface area contributed by atoms with Gasteiger partial charge in [0.25, 0.3) is 0 Å². The standard InChI is InChI=1S/C17H11BrN2/c18-13-8-9-17-15(10-13)19-11-20(17)16-7-3-5-12-4-1-2-6-14(12)16/h1-11H. The van der Waals surface area contributed by atoms with Crippen molar-refractivity contribution in [2.75, 3.05) is 0 Å². The molecule has 1 heterocycles. The fourth-order valence-corrected chi connectivity index (χ4v) is 2.95. The van der Waals surface area contributed by atoms with Crippen LogP contribution in [-0.4, -0.2) is 9.55 Å². The average molecular weight is 323 g/mol. The third kappa shape index (κ3) is 1.74. The lowest BCUT2D eigenvalue weighted by Crippen LogP contribution is -1.93. The summed E-state index contributed by atoms with van der Waals surface area (Å²) in [7, 11) is 0. The summed E-state index contributed by atoms with van der Waals surface area (Å²) in [5.74, 6) is 0. The highest BCUT2D eigenvalue weighted by Gasteiger charge is 2.07. The summed E-state index contributed by atoms with van der Waals surface area (Å²) in [6.07, 6.45) is 1.89. The highest BCUT2D eigenvalue weighted by atomic mass is 79.9. The molecule has 96 valence electrons. The van der Waals surface area contributed by atoms with Crippen LogP contribution in [0.3, 0.4) is 0 Å². The molecule has 0 unspecified atom stereocenters. The van der Waals surface area contributed by atoms with Crippen LogP contribution in [0.15, 0.2) is 71.5 Å². The van der Waals surface area contributed by atoms with Gasteiger partial charge in [-0.3, -0.25) is 4.57 Å². The van der Waals surface area contributed by atoms with Crippen molar-refractivity contribution in [3.05, 3.63) is 71.5 Å². The Morgan fingerprint density at radius 3 is 2.70 bits per heavy atom. The Morgan fingerprint density at radius 2 is 1.75 bits per heavy atom. The van der Waals surface area contributed by atoms with E-state index in [4.69, 9.17) is 0 Å². The van der Waals surface area contributed by atoms with E-state index in [1.807, 2.05) is 18.5 Å². The lowest BCUT2D eigenvalue weighted by Gasteiger charge is -2.08. The van der Waals surface area contributed by atoms with Crippen molar-refractivity contribution in [1.29, 1.82) is 0 Å². The van der Waals surface area contributed by atoms with Crippen LogP contribution in [0.4, 0.5) is 0 Å². The summed E-state index contributed by atoms with van der Waals surface area (Å²) in [5, 5.41) is 2.47. The van der Waals surface area contributed by atoms with E-state index in [9.17, 15) is 0 Å². The molecule has 2 nitrogen and oxygen atoms in total. The number of hydrogen-bond acceptors (Lipinski definition) is 1. The van der Waals surface area contributed by atoms with Gasteiger partial charge in [-0.05, 0) is 29.7 Å². The molecule has 20 heavy (non-hydrogen) atoms. The second-order valence-corrected chi connectivity index (χ2v) is 5.66. The van der Waals surface area contributed by atoms with Gasteiger partial charge in [-0.25, -0.2) is 4.98 Å². The van der Waals surface area contributed by atoms with Gasteiger partial charge in [0.2, 0.25) is 0 Å². The normalized spacial score (nSPS) is 11.2. The van der Waals surface area contributed by atoms with E-state index < -0.39 is 0 Å². The third-order valence-corrected chi connectivity index (χ3v) is 4.03. The van der Waals surface area contributed by atoms with E-state index in [0.29, 0.717) is 0 Å². The molecule has 0 aliphatic carbocycles. The maximum atomic E-state index is 4.50. The average Bonchev–Trinajstić information content (AvgIpc) is 2.89. The Balaban J connectivity index is 2.06. The largest absolute Gasteiger partial charge is 0.298 e. The molecule has 1 aromatic heterocycles. The Labute approximate surface area is 124 Å². The minimum atomic E-state index is 0.993. The molecule has 0 amide bonds. The molecule has 0 radical (unpaired) electrons. The first-order chi connectivity index (χ1) is 9.83. The molecular formula is C17H11BrN2. The van der Waals surface area contributed by atoms with Crippen molar-refractivity contribution in [3.8, 4) is 5.69 Å². The molecule has 0 spiro atoms. The summed E-state index contributed by atoms with van der Waals surface area (Å²) >= 11 is 3.49. The lowest BCUT2D eigenvalue weighted by atomic mass is 10.1. The van der Waals surface area contributed by atoms with Gasteiger partial charge >= 0.3 is 0 Å². The molecule has 3 heteroatoms. The SMILES string of the molecule is Brc1ccc2c(c1)ncn2-c1cccc2ccccc12. The minimum absolute atomic E-state index is 0.993. The number of fused-ring (bicyclic) bond motifs is 2. The molecular weight excluding hydrogens is 312 g/mol. The Kier molecular flexibility index (Phi) is 2.60. The zero-order valence-corrected chi connectivity index (χ0v) is 12.2. The second-order valence-electron chi connectivity index (χ2n) is 4.75. The Bertz CT molecular complexity index is 919. The maximum absolute atomic E-state index is 4.50. The van der Waals surface area contributed by atoms with Gasteiger partial charge in [0, 0.05) is 9.86 Å². The number of benzene rings is 3. The quantitative estimate of drug-likeness (QED) is 0.485. The molecule has 4 rings (SSSR count). The van der Waals surface area contributed by atoms with Gasteiger partial charge < -0.3 is 0 Å². The van der Waals surface area contributed by atoms with Crippen molar-refractivity contribution in [3.63, 3.8) is 0 Å². The Hall–Kier alpha value is -2.13.